The number of benzene rings is 1. The second-order valence-corrected chi connectivity index (χ2v) is 5.63. The van der Waals surface area contributed by atoms with Crippen molar-refractivity contribution in [2.75, 3.05) is 18.4 Å². The van der Waals surface area contributed by atoms with Gasteiger partial charge in [0.2, 0.25) is 5.91 Å². The molecule has 4 nitrogen and oxygen atoms in total. The predicted molar refractivity (Wildman–Crippen MR) is 85.3 cm³/mol. The summed E-state index contributed by atoms with van der Waals surface area (Å²) in [6.07, 6.45) is 3.39. The van der Waals surface area contributed by atoms with E-state index in [0.29, 0.717) is 12.5 Å². The van der Waals surface area contributed by atoms with E-state index in [4.69, 9.17) is 0 Å². The number of rotatable bonds is 6. The fraction of sp³-hybridized carbons (Fsp3) is 0.412. The number of para-hydroxylation sites is 1. The molecule has 0 unspecified atom stereocenters. The Balaban J connectivity index is 1.71. The highest BCUT2D eigenvalue weighted by atomic mass is 16.1. The van der Waals surface area contributed by atoms with Crippen LogP contribution in [0.2, 0.25) is 0 Å². The minimum absolute atomic E-state index is 0.0563. The van der Waals surface area contributed by atoms with Gasteiger partial charge in [0.25, 0.3) is 0 Å². The zero-order chi connectivity index (χ0) is 14.7. The molecule has 0 spiro atoms. The highest BCUT2D eigenvalue weighted by molar-refractivity contribution is 5.93. The number of nitrogens with one attached hydrogen (secondary N) is 2. The number of pyridine rings is 1. The lowest BCUT2D eigenvalue weighted by Crippen LogP contribution is -2.31. The molecule has 3 rings (SSSR count). The first kappa shape index (κ1) is 13.9. The van der Waals surface area contributed by atoms with Gasteiger partial charge in [0.1, 0.15) is 0 Å². The van der Waals surface area contributed by atoms with Gasteiger partial charge in [-0.1, -0.05) is 25.1 Å². The number of fused-ring (bicyclic) bond motifs is 1. The Morgan fingerprint density at radius 1 is 1.33 bits per heavy atom. The monoisotopic (exact) mass is 283 g/mol. The minimum atomic E-state index is 0.0563. The van der Waals surface area contributed by atoms with E-state index in [1.165, 1.54) is 12.8 Å². The van der Waals surface area contributed by atoms with E-state index in [9.17, 15) is 4.79 Å². The number of anilines is 1. The number of amides is 1. The van der Waals surface area contributed by atoms with Gasteiger partial charge in [0.05, 0.1) is 12.1 Å². The van der Waals surface area contributed by atoms with Gasteiger partial charge in [-0.15, -0.1) is 0 Å². The standard InChI is InChI=1S/C17H21N3O/c1-2-13-9-16(14-5-3-4-6-15(14)20-13)18-11-17(21)19-10-12-7-8-12/h3-6,9,12H,2,7-8,10-11H2,1H3,(H,18,20)(H,19,21). The molecule has 0 radical (unpaired) electrons. The second kappa shape index (κ2) is 6.12. The molecule has 1 saturated carbocycles. The fourth-order valence-electron chi connectivity index (χ4n) is 2.38. The van der Waals surface area contributed by atoms with E-state index in [1.54, 1.807) is 0 Å². The lowest BCUT2D eigenvalue weighted by molar-refractivity contribution is -0.119. The van der Waals surface area contributed by atoms with Crippen molar-refractivity contribution < 1.29 is 4.79 Å². The van der Waals surface area contributed by atoms with Crippen molar-refractivity contribution >= 4 is 22.5 Å². The van der Waals surface area contributed by atoms with Gasteiger partial charge in [-0.3, -0.25) is 9.78 Å². The Morgan fingerprint density at radius 3 is 2.90 bits per heavy atom. The third-order valence-electron chi connectivity index (χ3n) is 3.86. The van der Waals surface area contributed by atoms with Crippen molar-refractivity contribution in [2.24, 2.45) is 5.92 Å². The lowest BCUT2D eigenvalue weighted by atomic mass is 10.1. The largest absolute Gasteiger partial charge is 0.376 e. The fourth-order valence-corrected chi connectivity index (χ4v) is 2.38. The van der Waals surface area contributed by atoms with Gasteiger partial charge in [-0.05, 0) is 37.3 Å². The summed E-state index contributed by atoms with van der Waals surface area (Å²) in [7, 11) is 0. The number of nitrogens with zero attached hydrogens (tertiary/aromatic N) is 1. The summed E-state index contributed by atoms with van der Waals surface area (Å²) in [6, 6.07) is 10.1. The Labute approximate surface area is 125 Å². The van der Waals surface area contributed by atoms with Crippen molar-refractivity contribution in [2.45, 2.75) is 26.2 Å². The first-order valence-electron chi connectivity index (χ1n) is 7.65. The molecule has 1 aliphatic rings. The summed E-state index contributed by atoms with van der Waals surface area (Å²) >= 11 is 0. The van der Waals surface area contributed by atoms with Crippen LogP contribution in [0.4, 0.5) is 5.69 Å². The van der Waals surface area contributed by atoms with Crippen LogP contribution in [0.15, 0.2) is 30.3 Å². The van der Waals surface area contributed by atoms with E-state index in [1.807, 2.05) is 30.3 Å². The average Bonchev–Trinajstić information content (AvgIpc) is 3.34. The van der Waals surface area contributed by atoms with Gasteiger partial charge in [-0.2, -0.15) is 0 Å². The first-order chi connectivity index (χ1) is 10.3. The molecular formula is C17H21N3O. The molecule has 4 heteroatoms. The third kappa shape index (κ3) is 3.51. The first-order valence-corrected chi connectivity index (χ1v) is 7.65. The zero-order valence-electron chi connectivity index (χ0n) is 12.4. The van der Waals surface area contributed by atoms with Crippen molar-refractivity contribution in [1.29, 1.82) is 0 Å². The summed E-state index contributed by atoms with van der Waals surface area (Å²) in [5, 5.41) is 7.29. The van der Waals surface area contributed by atoms with Gasteiger partial charge in [0.15, 0.2) is 0 Å². The number of aromatic nitrogens is 1. The smallest absolute Gasteiger partial charge is 0.239 e. The minimum Gasteiger partial charge on any atom is -0.376 e. The van der Waals surface area contributed by atoms with E-state index < -0.39 is 0 Å². The van der Waals surface area contributed by atoms with E-state index in [0.717, 1.165) is 35.2 Å². The van der Waals surface area contributed by atoms with E-state index in [-0.39, 0.29) is 5.91 Å². The predicted octanol–water partition coefficient (Wildman–Crippen LogP) is 2.74. The van der Waals surface area contributed by atoms with Gasteiger partial charge >= 0.3 is 0 Å². The molecule has 1 amide bonds. The molecule has 1 fully saturated rings. The summed E-state index contributed by atoms with van der Waals surface area (Å²) < 4.78 is 0. The molecule has 2 N–H and O–H groups in total. The number of hydrogen-bond acceptors (Lipinski definition) is 3. The molecule has 1 aromatic carbocycles. The molecule has 110 valence electrons. The summed E-state index contributed by atoms with van der Waals surface area (Å²) in [5.74, 6) is 0.767. The quantitative estimate of drug-likeness (QED) is 0.857. The van der Waals surface area contributed by atoms with Crippen LogP contribution >= 0.6 is 0 Å². The molecule has 1 heterocycles. The van der Waals surface area contributed by atoms with Crippen molar-refractivity contribution in [3.63, 3.8) is 0 Å². The summed E-state index contributed by atoms with van der Waals surface area (Å²) in [5.41, 5.74) is 2.99. The van der Waals surface area contributed by atoms with Crippen LogP contribution in [0, 0.1) is 5.92 Å². The molecule has 1 aliphatic carbocycles. The van der Waals surface area contributed by atoms with Gasteiger partial charge in [0, 0.05) is 23.3 Å². The Bertz CT molecular complexity index is 650. The molecule has 1 aromatic heterocycles. The zero-order valence-corrected chi connectivity index (χ0v) is 12.4. The van der Waals surface area contributed by atoms with Crippen LogP contribution in [0.25, 0.3) is 10.9 Å². The molecule has 0 saturated heterocycles. The highest BCUT2D eigenvalue weighted by Gasteiger charge is 2.21. The second-order valence-electron chi connectivity index (χ2n) is 5.63. The number of aryl methyl sites for hydroxylation is 1. The van der Waals surface area contributed by atoms with Crippen LogP contribution in [-0.4, -0.2) is 24.0 Å². The molecule has 21 heavy (non-hydrogen) atoms. The van der Waals surface area contributed by atoms with Gasteiger partial charge in [-0.25, -0.2) is 0 Å². The Morgan fingerprint density at radius 2 is 2.14 bits per heavy atom. The maximum Gasteiger partial charge on any atom is 0.239 e. The third-order valence-corrected chi connectivity index (χ3v) is 3.86. The summed E-state index contributed by atoms with van der Waals surface area (Å²) in [4.78, 5) is 16.5. The topological polar surface area (TPSA) is 54.0 Å². The van der Waals surface area contributed by atoms with Gasteiger partial charge < -0.3 is 10.6 Å². The molecule has 0 aliphatic heterocycles. The molecule has 0 bridgehead atoms. The maximum atomic E-state index is 11.8. The molecule has 0 atom stereocenters. The summed E-state index contributed by atoms with van der Waals surface area (Å²) in [6.45, 7) is 3.21. The average molecular weight is 283 g/mol. The van der Waals surface area contributed by atoms with Crippen molar-refractivity contribution in [3.05, 3.63) is 36.0 Å². The van der Waals surface area contributed by atoms with Crippen molar-refractivity contribution in [3.8, 4) is 0 Å². The van der Waals surface area contributed by atoms with Crippen molar-refractivity contribution in [1.82, 2.24) is 10.3 Å². The Hall–Kier alpha value is -2.10. The molecule has 2 aromatic rings. The number of hydrogen-bond donors (Lipinski definition) is 2. The van der Waals surface area contributed by atoms with Crippen LogP contribution < -0.4 is 10.6 Å². The van der Waals surface area contributed by atoms with E-state index in [2.05, 4.69) is 22.5 Å². The van der Waals surface area contributed by atoms with Crippen LogP contribution in [0.1, 0.15) is 25.5 Å². The van der Waals surface area contributed by atoms with E-state index >= 15 is 0 Å². The van der Waals surface area contributed by atoms with Crippen LogP contribution in [0.5, 0.6) is 0 Å². The molecular weight excluding hydrogens is 262 g/mol. The number of carbonyl (C=O) groups is 1. The lowest BCUT2D eigenvalue weighted by Gasteiger charge is -2.11. The maximum absolute atomic E-state index is 11.8. The normalized spacial score (nSPS) is 14.1. The number of carbonyl (C=O) groups excluding carboxylic acids is 1. The highest BCUT2D eigenvalue weighted by Crippen LogP contribution is 2.27. The van der Waals surface area contributed by atoms with Crippen LogP contribution in [0.3, 0.4) is 0 Å². The SMILES string of the molecule is CCc1cc(NCC(=O)NCC2CC2)c2ccccc2n1. The van der Waals surface area contributed by atoms with Crippen LogP contribution in [-0.2, 0) is 11.2 Å². The Kier molecular flexibility index (Phi) is 4.04.